The van der Waals surface area contributed by atoms with Crippen molar-refractivity contribution in [1.29, 1.82) is 0 Å². The molecule has 1 heterocycles. The van der Waals surface area contributed by atoms with Crippen molar-refractivity contribution >= 4 is 52.7 Å². The van der Waals surface area contributed by atoms with Crippen molar-refractivity contribution < 1.29 is 14.4 Å². The maximum absolute atomic E-state index is 12.8. The monoisotopic (exact) mass is 445 g/mol. The summed E-state index contributed by atoms with van der Waals surface area (Å²) in [7, 11) is 1.54. The number of fused-ring (bicyclic) bond motifs is 1. The van der Waals surface area contributed by atoms with Gasteiger partial charge in [-0.1, -0.05) is 53.5 Å². The SMILES string of the molecule is CC(=O)N1C=Cc2ccccc2C1CC(=O)N(C)CC(=O)Nc1c(Cl)cccc1Cl. The van der Waals surface area contributed by atoms with Crippen LogP contribution in [0.2, 0.25) is 10.0 Å². The molecule has 6 nitrogen and oxygen atoms in total. The Morgan fingerprint density at radius 2 is 1.73 bits per heavy atom. The molecule has 0 bridgehead atoms. The molecule has 1 N–H and O–H groups in total. The van der Waals surface area contributed by atoms with E-state index in [9.17, 15) is 14.4 Å². The Morgan fingerprint density at radius 1 is 1.07 bits per heavy atom. The van der Waals surface area contributed by atoms with E-state index in [1.54, 1.807) is 31.4 Å². The quantitative estimate of drug-likeness (QED) is 0.743. The first-order valence-corrected chi connectivity index (χ1v) is 10.1. The van der Waals surface area contributed by atoms with Gasteiger partial charge in [0.15, 0.2) is 0 Å². The molecule has 1 atom stereocenters. The van der Waals surface area contributed by atoms with Gasteiger partial charge in [0, 0.05) is 20.2 Å². The number of hydrogen-bond acceptors (Lipinski definition) is 3. The first-order valence-electron chi connectivity index (χ1n) is 9.31. The highest BCUT2D eigenvalue weighted by Crippen LogP contribution is 2.33. The summed E-state index contributed by atoms with van der Waals surface area (Å²) >= 11 is 12.1. The molecule has 0 spiro atoms. The minimum Gasteiger partial charge on any atom is -0.336 e. The summed E-state index contributed by atoms with van der Waals surface area (Å²) in [6.07, 6.45) is 3.59. The highest BCUT2D eigenvalue weighted by molar-refractivity contribution is 6.39. The van der Waals surface area contributed by atoms with Crippen LogP contribution in [0.25, 0.3) is 6.08 Å². The lowest BCUT2D eigenvalue weighted by Crippen LogP contribution is -2.39. The van der Waals surface area contributed by atoms with E-state index in [0.29, 0.717) is 15.7 Å². The number of benzene rings is 2. The second kappa shape index (κ2) is 9.32. The van der Waals surface area contributed by atoms with Crippen molar-refractivity contribution in [1.82, 2.24) is 9.80 Å². The van der Waals surface area contributed by atoms with Crippen LogP contribution in [0, 0.1) is 0 Å². The van der Waals surface area contributed by atoms with E-state index in [1.165, 1.54) is 16.7 Å². The zero-order chi connectivity index (χ0) is 21.8. The third kappa shape index (κ3) is 4.83. The largest absolute Gasteiger partial charge is 0.336 e. The molecule has 8 heteroatoms. The molecule has 1 unspecified atom stereocenters. The zero-order valence-electron chi connectivity index (χ0n) is 16.6. The summed E-state index contributed by atoms with van der Waals surface area (Å²) in [5, 5.41) is 3.26. The van der Waals surface area contributed by atoms with Gasteiger partial charge in [0.05, 0.1) is 34.7 Å². The Labute approximate surface area is 185 Å². The fourth-order valence-electron chi connectivity index (χ4n) is 3.33. The average Bonchev–Trinajstić information content (AvgIpc) is 2.70. The van der Waals surface area contributed by atoms with Gasteiger partial charge in [0.1, 0.15) is 0 Å². The predicted octanol–water partition coefficient (Wildman–Crippen LogP) is 4.35. The van der Waals surface area contributed by atoms with Crippen LogP contribution in [0.4, 0.5) is 5.69 Å². The van der Waals surface area contributed by atoms with Gasteiger partial charge in [-0.3, -0.25) is 14.4 Å². The molecule has 1 aliphatic rings. The minimum atomic E-state index is -0.431. The molecule has 2 aromatic carbocycles. The predicted molar refractivity (Wildman–Crippen MR) is 118 cm³/mol. The molecule has 0 saturated carbocycles. The van der Waals surface area contributed by atoms with Crippen LogP contribution >= 0.6 is 23.2 Å². The first-order chi connectivity index (χ1) is 14.3. The highest BCUT2D eigenvalue weighted by atomic mass is 35.5. The van der Waals surface area contributed by atoms with Gasteiger partial charge in [0.25, 0.3) is 0 Å². The van der Waals surface area contributed by atoms with Crippen LogP contribution in [0.1, 0.15) is 30.5 Å². The van der Waals surface area contributed by atoms with E-state index in [1.807, 2.05) is 30.3 Å². The van der Waals surface area contributed by atoms with Crippen molar-refractivity contribution in [3.05, 3.63) is 69.8 Å². The molecule has 1 aliphatic heterocycles. The number of para-hydroxylation sites is 1. The van der Waals surface area contributed by atoms with Crippen LogP contribution in [0.3, 0.4) is 0 Å². The molecule has 3 rings (SSSR count). The average molecular weight is 446 g/mol. The van der Waals surface area contributed by atoms with Gasteiger partial charge in [-0.2, -0.15) is 0 Å². The van der Waals surface area contributed by atoms with Gasteiger partial charge in [-0.05, 0) is 29.3 Å². The number of nitrogens with one attached hydrogen (secondary N) is 1. The summed E-state index contributed by atoms with van der Waals surface area (Å²) in [4.78, 5) is 40.2. The van der Waals surface area contributed by atoms with Gasteiger partial charge in [-0.25, -0.2) is 0 Å². The van der Waals surface area contributed by atoms with E-state index < -0.39 is 11.9 Å². The number of rotatable bonds is 5. The number of likely N-dealkylation sites (N-methyl/N-ethyl adjacent to an activating group) is 1. The Bertz CT molecular complexity index is 1000. The maximum Gasteiger partial charge on any atom is 0.244 e. The Morgan fingerprint density at radius 3 is 2.40 bits per heavy atom. The summed E-state index contributed by atoms with van der Waals surface area (Å²) in [6, 6.07) is 12.1. The Kier molecular flexibility index (Phi) is 6.80. The Hall–Kier alpha value is -2.83. The third-order valence-corrected chi connectivity index (χ3v) is 5.50. The van der Waals surface area contributed by atoms with Gasteiger partial charge in [0.2, 0.25) is 17.7 Å². The standard InChI is InChI=1S/C22H21Cl2N3O3/c1-14(28)27-11-10-15-6-3-4-7-16(15)19(27)12-21(30)26(2)13-20(29)25-22-17(23)8-5-9-18(22)24/h3-11,19H,12-13H2,1-2H3,(H,25,29). The molecule has 156 valence electrons. The highest BCUT2D eigenvalue weighted by Gasteiger charge is 2.29. The second-order valence-corrected chi connectivity index (χ2v) is 7.80. The van der Waals surface area contributed by atoms with E-state index in [-0.39, 0.29) is 24.8 Å². The van der Waals surface area contributed by atoms with Crippen molar-refractivity contribution in [2.45, 2.75) is 19.4 Å². The molecular weight excluding hydrogens is 425 g/mol. The smallest absolute Gasteiger partial charge is 0.244 e. The summed E-state index contributed by atoms with van der Waals surface area (Å²) in [5.74, 6) is -0.850. The number of carbonyl (C=O) groups excluding carboxylic acids is 3. The molecule has 0 saturated heterocycles. The lowest BCUT2D eigenvalue weighted by atomic mass is 9.93. The van der Waals surface area contributed by atoms with Gasteiger partial charge >= 0.3 is 0 Å². The number of amides is 3. The topological polar surface area (TPSA) is 69.7 Å². The number of anilines is 1. The molecule has 0 aliphatic carbocycles. The maximum atomic E-state index is 12.8. The fourth-order valence-corrected chi connectivity index (χ4v) is 3.83. The molecule has 0 fully saturated rings. The first kappa shape index (κ1) is 21.9. The fraction of sp³-hybridized carbons (Fsp3) is 0.227. The number of carbonyl (C=O) groups is 3. The van der Waals surface area contributed by atoms with Crippen LogP contribution in [-0.4, -0.2) is 41.1 Å². The summed E-state index contributed by atoms with van der Waals surface area (Å²) in [5.41, 5.74) is 2.16. The van der Waals surface area contributed by atoms with Gasteiger partial charge < -0.3 is 15.1 Å². The molecule has 3 amide bonds. The molecular formula is C22H21Cl2N3O3. The summed E-state index contributed by atoms with van der Waals surface area (Å²) in [6.45, 7) is 1.28. The van der Waals surface area contributed by atoms with E-state index >= 15 is 0 Å². The number of nitrogens with zero attached hydrogens (tertiary/aromatic N) is 2. The summed E-state index contributed by atoms with van der Waals surface area (Å²) < 4.78 is 0. The van der Waals surface area contributed by atoms with Crippen molar-refractivity contribution in [3.8, 4) is 0 Å². The Balaban J connectivity index is 1.69. The van der Waals surface area contributed by atoms with Crippen molar-refractivity contribution in [2.75, 3.05) is 18.9 Å². The van der Waals surface area contributed by atoms with Crippen LogP contribution < -0.4 is 5.32 Å². The second-order valence-electron chi connectivity index (χ2n) is 6.99. The number of halogens is 2. The molecule has 0 radical (unpaired) electrons. The van der Waals surface area contributed by atoms with Crippen molar-refractivity contribution in [3.63, 3.8) is 0 Å². The zero-order valence-corrected chi connectivity index (χ0v) is 18.1. The van der Waals surface area contributed by atoms with E-state index in [2.05, 4.69) is 5.32 Å². The van der Waals surface area contributed by atoms with Gasteiger partial charge in [-0.15, -0.1) is 0 Å². The van der Waals surface area contributed by atoms with Crippen LogP contribution in [-0.2, 0) is 14.4 Å². The van der Waals surface area contributed by atoms with Crippen LogP contribution in [0.15, 0.2) is 48.7 Å². The van der Waals surface area contributed by atoms with E-state index in [0.717, 1.165) is 11.1 Å². The normalized spacial score (nSPS) is 14.8. The lowest BCUT2D eigenvalue weighted by Gasteiger charge is -2.33. The molecule has 2 aromatic rings. The van der Waals surface area contributed by atoms with Crippen molar-refractivity contribution in [2.24, 2.45) is 0 Å². The third-order valence-electron chi connectivity index (χ3n) is 4.87. The van der Waals surface area contributed by atoms with Crippen LogP contribution in [0.5, 0.6) is 0 Å². The minimum absolute atomic E-state index is 0.0531. The lowest BCUT2D eigenvalue weighted by molar-refractivity contribution is -0.136. The number of hydrogen-bond donors (Lipinski definition) is 1. The molecule has 30 heavy (non-hydrogen) atoms. The van der Waals surface area contributed by atoms with E-state index in [4.69, 9.17) is 23.2 Å². The molecule has 0 aromatic heterocycles.